The van der Waals surface area contributed by atoms with Crippen molar-refractivity contribution in [2.75, 3.05) is 7.11 Å². The summed E-state index contributed by atoms with van der Waals surface area (Å²) >= 11 is 0. The maximum atomic E-state index is 11.7. The fraction of sp³-hybridized carbons (Fsp3) is 0.667. The van der Waals surface area contributed by atoms with E-state index in [1.54, 1.807) is 0 Å². The molecule has 3 aliphatic carbocycles. The summed E-state index contributed by atoms with van der Waals surface area (Å²) < 4.78 is 4.73. The monoisotopic (exact) mass is 224 g/mol. The lowest BCUT2D eigenvalue weighted by molar-refractivity contribution is -0.166. The number of carbonyl (C=O) groups excluding carboxylic acids is 1. The van der Waals surface area contributed by atoms with Crippen molar-refractivity contribution in [3.63, 3.8) is 0 Å². The Morgan fingerprint density at radius 3 is 2.62 bits per heavy atom. The third-order valence-corrected chi connectivity index (χ3v) is 4.01. The van der Waals surface area contributed by atoms with E-state index in [0.29, 0.717) is 0 Å². The van der Waals surface area contributed by atoms with Gasteiger partial charge in [-0.1, -0.05) is 19.1 Å². The Hall–Kier alpha value is -1.32. The highest BCUT2D eigenvalue weighted by molar-refractivity contribution is 5.83. The molecule has 3 aliphatic rings. The van der Waals surface area contributed by atoms with Gasteiger partial charge in [0.1, 0.15) is 0 Å². The summed E-state index contributed by atoms with van der Waals surface area (Å²) in [5.41, 5.74) is -0.403. The zero-order valence-corrected chi connectivity index (χ0v) is 9.47. The number of carbonyl (C=O) groups is 2. The summed E-state index contributed by atoms with van der Waals surface area (Å²) in [5.74, 6) is -2.44. The second-order valence-electron chi connectivity index (χ2n) is 4.93. The van der Waals surface area contributed by atoms with Crippen molar-refractivity contribution in [1.29, 1.82) is 0 Å². The van der Waals surface area contributed by atoms with Crippen LogP contribution >= 0.6 is 0 Å². The van der Waals surface area contributed by atoms with Crippen LogP contribution in [0.5, 0.6) is 0 Å². The number of methoxy groups -OCH3 is 1. The molecule has 4 heteroatoms. The summed E-state index contributed by atoms with van der Waals surface area (Å²) in [5, 5.41) is 9.30. The fourth-order valence-electron chi connectivity index (χ4n) is 3.10. The van der Waals surface area contributed by atoms with E-state index in [4.69, 9.17) is 4.74 Å². The predicted octanol–water partition coefficient (Wildman–Crippen LogP) is 1.46. The van der Waals surface area contributed by atoms with Crippen molar-refractivity contribution < 1.29 is 19.4 Å². The Morgan fingerprint density at radius 2 is 2.19 bits per heavy atom. The Balaban J connectivity index is 2.40. The van der Waals surface area contributed by atoms with Gasteiger partial charge in [0.25, 0.3) is 0 Å². The van der Waals surface area contributed by atoms with Gasteiger partial charge in [-0.05, 0) is 24.2 Å². The van der Waals surface area contributed by atoms with E-state index in [0.717, 1.165) is 12.8 Å². The number of aliphatic carboxylic acids is 1. The molecular weight excluding hydrogens is 208 g/mol. The minimum Gasteiger partial charge on any atom is -0.481 e. The average Bonchev–Trinajstić information content (AvgIpc) is 2.26. The lowest BCUT2D eigenvalue weighted by atomic mass is 9.55. The molecule has 4 nitrogen and oxygen atoms in total. The Labute approximate surface area is 94.3 Å². The Morgan fingerprint density at radius 1 is 1.50 bits per heavy atom. The Kier molecular flexibility index (Phi) is 2.52. The van der Waals surface area contributed by atoms with Gasteiger partial charge in [-0.15, -0.1) is 0 Å². The number of esters is 1. The largest absolute Gasteiger partial charge is 0.481 e. The molecule has 4 unspecified atom stereocenters. The summed E-state index contributed by atoms with van der Waals surface area (Å²) in [6.07, 6.45) is 5.64. The molecule has 1 fully saturated rings. The number of ether oxygens (including phenoxy) is 1. The van der Waals surface area contributed by atoms with E-state index < -0.39 is 29.2 Å². The second-order valence-corrected chi connectivity index (χ2v) is 4.93. The van der Waals surface area contributed by atoms with Gasteiger partial charge in [-0.25, -0.2) is 0 Å². The smallest absolute Gasteiger partial charge is 0.310 e. The molecule has 0 radical (unpaired) electrons. The van der Waals surface area contributed by atoms with E-state index in [1.165, 1.54) is 7.11 Å². The van der Waals surface area contributed by atoms with Gasteiger partial charge in [0, 0.05) is 0 Å². The van der Waals surface area contributed by atoms with Crippen LogP contribution in [-0.4, -0.2) is 24.2 Å². The van der Waals surface area contributed by atoms with Crippen LogP contribution in [0.4, 0.5) is 0 Å². The molecule has 0 heterocycles. The fourth-order valence-corrected chi connectivity index (χ4v) is 3.10. The standard InChI is InChI=1S/C12H16O4/c1-12-5-3-7(4-6-12)8(11(15)16-2)9(12)10(13)14/h3,5,7-9H,4,6H2,1-2H3,(H,13,14). The van der Waals surface area contributed by atoms with Crippen molar-refractivity contribution in [3.8, 4) is 0 Å². The van der Waals surface area contributed by atoms with Crippen molar-refractivity contribution in [3.05, 3.63) is 12.2 Å². The van der Waals surface area contributed by atoms with E-state index in [1.807, 2.05) is 19.1 Å². The van der Waals surface area contributed by atoms with Crippen LogP contribution in [0.3, 0.4) is 0 Å². The highest BCUT2D eigenvalue weighted by Crippen LogP contribution is 2.52. The van der Waals surface area contributed by atoms with Crippen LogP contribution in [0.1, 0.15) is 19.8 Å². The van der Waals surface area contributed by atoms with E-state index >= 15 is 0 Å². The molecule has 4 atom stereocenters. The van der Waals surface area contributed by atoms with Crippen LogP contribution in [0.2, 0.25) is 0 Å². The lowest BCUT2D eigenvalue weighted by Gasteiger charge is -2.48. The van der Waals surface area contributed by atoms with Gasteiger partial charge in [-0.3, -0.25) is 9.59 Å². The molecule has 0 aromatic heterocycles. The van der Waals surface area contributed by atoms with Crippen molar-refractivity contribution in [1.82, 2.24) is 0 Å². The summed E-state index contributed by atoms with van der Waals surface area (Å²) in [7, 11) is 1.32. The number of rotatable bonds is 2. The number of hydrogen-bond donors (Lipinski definition) is 1. The minimum absolute atomic E-state index is 0.0235. The number of carboxylic acid groups (broad SMARTS) is 1. The maximum absolute atomic E-state index is 11.7. The molecular formula is C12H16O4. The van der Waals surface area contributed by atoms with Crippen LogP contribution in [0.15, 0.2) is 12.2 Å². The molecule has 1 N–H and O–H groups in total. The first kappa shape index (κ1) is 11.2. The number of allylic oxidation sites excluding steroid dienone is 2. The molecule has 88 valence electrons. The van der Waals surface area contributed by atoms with Gasteiger partial charge in [0.2, 0.25) is 0 Å². The van der Waals surface area contributed by atoms with Crippen LogP contribution < -0.4 is 0 Å². The molecule has 0 aliphatic heterocycles. The zero-order chi connectivity index (χ0) is 11.9. The third-order valence-electron chi connectivity index (χ3n) is 4.01. The van der Waals surface area contributed by atoms with Crippen LogP contribution in [0.25, 0.3) is 0 Å². The van der Waals surface area contributed by atoms with Crippen molar-refractivity contribution in [2.24, 2.45) is 23.2 Å². The van der Waals surface area contributed by atoms with E-state index in [9.17, 15) is 14.7 Å². The van der Waals surface area contributed by atoms with E-state index in [2.05, 4.69) is 0 Å². The zero-order valence-electron chi connectivity index (χ0n) is 9.47. The first-order chi connectivity index (χ1) is 7.49. The average molecular weight is 224 g/mol. The first-order valence-electron chi connectivity index (χ1n) is 5.49. The third kappa shape index (κ3) is 1.44. The summed E-state index contributed by atoms with van der Waals surface area (Å²) in [6, 6.07) is 0. The van der Waals surface area contributed by atoms with Crippen molar-refractivity contribution >= 4 is 11.9 Å². The SMILES string of the molecule is COC(=O)C1C2C=CC(C)(CC2)C1C(=O)O. The number of carboxylic acids is 1. The van der Waals surface area contributed by atoms with E-state index in [-0.39, 0.29) is 5.92 Å². The minimum atomic E-state index is -0.896. The molecule has 0 aromatic rings. The summed E-state index contributed by atoms with van der Waals surface area (Å²) in [4.78, 5) is 23.0. The molecule has 0 saturated heterocycles. The highest BCUT2D eigenvalue weighted by Gasteiger charge is 2.54. The van der Waals surface area contributed by atoms with Crippen LogP contribution in [0, 0.1) is 23.2 Å². The molecule has 0 aromatic carbocycles. The maximum Gasteiger partial charge on any atom is 0.310 e. The molecule has 0 amide bonds. The molecule has 0 spiro atoms. The predicted molar refractivity (Wildman–Crippen MR) is 56.6 cm³/mol. The Bertz CT molecular complexity index is 360. The van der Waals surface area contributed by atoms with Gasteiger partial charge in [0.15, 0.2) is 0 Å². The quantitative estimate of drug-likeness (QED) is 0.569. The number of fused-ring (bicyclic) bond motifs is 2. The molecule has 3 rings (SSSR count). The molecule has 2 bridgehead atoms. The molecule has 16 heavy (non-hydrogen) atoms. The van der Waals surface area contributed by atoms with Crippen LogP contribution in [-0.2, 0) is 14.3 Å². The second kappa shape index (κ2) is 3.61. The van der Waals surface area contributed by atoms with Gasteiger partial charge >= 0.3 is 11.9 Å². The topological polar surface area (TPSA) is 63.6 Å². The van der Waals surface area contributed by atoms with Crippen molar-refractivity contribution in [2.45, 2.75) is 19.8 Å². The van der Waals surface area contributed by atoms with Gasteiger partial charge < -0.3 is 9.84 Å². The van der Waals surface area contributed by atoms with Gasteiger partial charge in [0.05, 0.1) is 18.9 Å². The highest BCUT2D eigenvalue weighted by atomic mass is 16.5. The van der Waals surface area contributed by atoms with Gasteiger partial charge in [-0.2, -0.15) is 0 Å². The lowest BCUT2D eigenvalue weighted by Crippen LogP contribution is -2.50. The first-order valence-corrected chi connectivity index (χ1v) is 5.49. The summed E-state index contributed by atoms with van der Waals surface area (Å²) in [6.45, 7) is 1.91. The normalized spacial score (nSPS) is 40.8. The number of hydrogen-bond acceptors (Lipinski definition) is 3. The molecule has 1 saturated carbocycles.